The Kier molecular flexibility index (Phi) is 2.94. The summed E-state index contributed by atoms with van der Waals surface area (Å²) < 4.78 is 16.9. The molecule has 0 rings (SSSR count). The summed E-state index contributed by atoms with van der Waals surface area (Å²) in [5.74, 6) is -1.53. The summed E-state index contributed by atoms with van der Waals surface area (Å²) in [5, 5.41) is 0. The number of ether oxygens (including phenoxy) is 1. The van der Waals surface area contributed by atoms with E-state index in [1.165, 1.54) is 13.8 Å². The Bertz CT molecular complexity index is 59.9. The van der Waals surface area contributed by atoms with Crippen molar-refractivity contribution in [2.45, 2.75) is 19.7 Å². The molecule has 0 bridgehead atoms. The average molecular weight is 121 g/mol. The van der Waals surface area contributed by atoms with E-state index in [2.05, 4.69) is 4.74 Å². The average Bonchev–Trinajstić information content (AvgIpc) is 1.59. The van der Waals surface area contributed by atoms with Crippen molar-refractivity contribution >= 4 is 0 Å². The van der Waals surface area contributed by atoms with Gasteiger partial charge in [0.2, 0.25) is 5.85 Å². The van der Waals surface area contributed by atoms with E-state index in [1.54, 1.807) is 0 Å². The van der Waals surface area contributed by atoms with Gasteiger partial charge in [-0.25, -0.2) is 4.39 Å². The van der Waals surface area contributed by atoms with E-state index in [1.807, 2.05) is 0 Å². The molecule has 0 aromatic carbocycles. The first kappa shape index (κ1) is 7.85. The maximum atomic E-state index is 12.3. The van der Waals surface area contributed by atoms with Crippen molar-refractivity contribution in [3.63, 3.8) is 0 Å². The van der Waals surface area contributed by atoms with Crippen LogP contribution in [0.1, 0.15) is 13.8 Å². The maximum Gasteiger partial charge on any atom is 0.203 e. The minimum atomic E-state index is -1.53. The molecule has 0 aromatic heterocycles. The molecule has 0 radical (unpaired) electrons. The normalized spacial score (nSPS) is 12.0. The zero-order chi connectivity index (χ0) is 6.62. The van der Waals surface area contributed by atoms with Crippen LogP contribution >= 0.6 is 0 Å². The quantitative estimate of drug-likeness (QED) is 0.595. The first-order chi connectivity index (χ1) is 3.56. The van der Waals surface area contributed by atoms with Crippen LogP contribution in [0.5, 0.6) is 0 Å². The van der Waals surface area contributed by atoms with Gasteiger partial charge in [0.05, 0.1) is 6.61 Å². The Balaban J connectivity index is 3.11. The van der Waals surface area contributed by atoms with Crippen LogP contribution in [0.2, 0.25) is 0 Å². The van der Waals surface area contributed by atoms with Gasteiger partial charge in [-0.2, -0.15) is 0 Å². The van der Waals surface area contributed by atoms with Crippen LogP contribution in [0.15, 0.2) is 0 Å². The Morgan fingerprint density at radius 1 is 1.62 bits per heavy atom. The molecule has 2 nitrogen and oxygen atoms in total. The van der Waals surface area contributed by atoms with E-state index < -0.39 is 5.85 Å². The molecule has 50 valence electrons. The maximum absolute atomic E-state index is 12.3. The standard InChI is InChI=1S/C5H12FNO/c1-5(2,6)8-4-3-7/h3-4,7H2,1-2H3. The Morgan fingerprint density at radius 3 is 2.25 bits per heavy atom. The van der Waals surface area contributed by atoms with Gasteiger partial charge in [-0.05, 0) is 13.8 Å². The zero-order valence-corrected chi connectivity index (χ0v) is 5.28. The number of hydrogen-bond acceptors (Lipinski definition) is 2. The van der Waals surface area contributed by atoms with Gasteiger partial charge in [-0.1, -0.05) is 0 Å². The number of hydrogen-bond donors (Lipinski definition) is 1. The lowest BCUT2D eigenvalue weighted by Crippen LogP contribution is -2.21. The molecule has 0 fully saturated rings. The van der Waals surface area contributed by atoms with Crippen LogP contribution in [-0.2, 0) is 4.74 Å². The summed E-state index contributed by atoms with van der Waals surface area (Å²) in [6.45, 7) is 3.35. The Morgan fingerprint density at radius 2 is 2.12 bits per heavy atom. The van der Waals surface area contributed by atoms with Crippen LogP contribution in [0, 0.1) is 0 Å². The zero-order valence-electron chi connectivity index (χ0n) is 5.28. The topological polar surface area (TPSA) is 35.2 Å². The fourth-order valence-corrected chi connectivity index (χ4v) is 0.302. The highest BCUT2D eigenvalue weighted by Crippen LogP contribution is 2.08. The van der Waals surface area contributed by atoms with E-state index in [4.69, 9.17) is 5.73 Å². The molecule has 0 saturated heterocycles. The monoisotopic (exact) mass is 121 g/mol. The summed E-state index contributed by atoms with van der Waals surface area (Å²) in [7, 11) is 0. The largest absolute Gasteiger partial charge is 0.345 e. The minimum absolute atomic E-state index is 0.281. The molecule has 0 aliphatic heterocycles. The fraction of sp³-hybridized carbons (Fsp3) is 1.00. The summed E-state index contributed by atoms with van der Waals surface area (Å²) in [6.07, 6.45) is 0. The molecule has 0 atom stereocenters. The second-order valence-corrected chi connectivity index (χ2v) is 2.00. The SMILES string of the molecule is CC(C)(F)OCCN. The highest BCUT2D eigenvalue weighted by Gasteiger charge is 2.13. The number of rotatable bonds is 3. The van der Waals surface area contributed by atoms with E-state index in [9.17, 15) is 4.39 Å². The number of alkyl halides is 1. The number of halogens is 1. The van der Waals surface area contributed by atoms with Crippen molar-refractivity contribution in [2.75, 3.05) is 13.2 Å². The van der Waals surface area contributed by atoms with E-state index in [-0.39, 0.29) is 6.61 Å². The van der Waals surface area contributed by atoms with Crippen molar-refractivity contribution in [1.29, 1.82) is 0 Å². The van der Waals surface area contributed by atoms with E-state index in [0.29, 0.717) is 6.54 Å². The van der Waals surface area contributed by atoms with Crippen LogP contribution < -0.4 is 5.73 Å². The van der Waals surface area contributed by atoms with Crippen molar-refractivity contribution in [3.8, 4) is 0 Å². The fourth-order valence-electron chi connectivity index (χ4n) is 0.302. The van der Waals surface area contributed by atoms with Gasteiger partial charge in [0.15, 0.2) is 0 Å². The molecular weight excluding hydrogens is 109 g/mol. The third-order valence-electron chi connectivity index (χ3n) is 0.563. The molecule has 8 heavy (non-hydrogen) atoms. The van der Waals surface area contributed by atoms with Gasteiger partial charge in [0.25, 0.3) is 0 Å². The van der Waals surface area contributed by atoms with Gasteiger partial charge in [-0.3, -0.25) is 0 Å². The molecule has 3 heteroatoms. The number of nitrogens with two attached hydrogens (primary N) is 1. The first-order valence-electron chi connectivity index (χ1n) is 2.59. The molecule has 0 aliphatic rings. The summed E-state index contributed by atoms with van der Waals surface area (Å²) in [4.78, 5) is 0. The molecule has 0 saturated carbocycles. The molecule has 0 unspecified atom stereocenters. The second kappa shape index (κ2) is 2.99. The van der Waals surface area contributed by atoms with Crippen LogP contribution in [0.3, 0.4) is 0 Å². The van der Waals surface area contributed by atoms with Crippen molar-refractivity contribution in [2.24, 2.45) is 5.73 Å². The molecule has 0 aromatic rings. The van der Waals surface area contributed by atoms with Crippen molar-refractivity contribution in [1.82, 2.24) is 0 Å². The van der Waals surface area contributed by atoms with E-state index in [0.717, 1.165) is 0 Å². The summed E-state index contributed by atoms with van der Waals surface area (Å²) in [5.41, 5.74) is 5.04. The first-order valence-corrected chi connectivity index (χ1v) is 2.59. The lowest BCUT2D eigenvalue weighted by molar-refractivity contribution is -0.113. The molecule has 0 heterocycles. The summed E-state index contributed by atoms with van der Waals surface area (Å²) in [6, 6.07) is 0. The molecular formula is C5H12FNO. The third kappa shape index (κ3) is 5.85. The third-order valence-corrected chi connectivity index (χ3v) is 0.563. The summed E-state index contributed by atoms with van der Waals surface area (Å²) >= 11 is 0. The Hall–Kier alpha value is -0.150. The van der Waals surface area contributed by atoms with Gasteiger partial charge >= 0.3 is 0 Å². The lowest BCUT2D eigenvalue weighted by Gasteiger charge is -2.13. The predicted molar refractivity (Wildman–Crippen MR) is 30.2 cm³/mol. The molecule has 0 spiro atoms. The predicted octanol–water partition coefficient (Wildman–Crippen LogP) is 0.667. The van der Waals surface area contributed by atoms with Crippen LogP contribution in [-0.4, -0.2) is 19.0 Å². The van der Waals surface area contributed by atoms with Gasteiger partial charge in [-0.15, -0.1) is 0 Å². The van der Waals surface area contributed by atoms with Gasteiger partial charge in [0.1, 0.15) is 0 Å². The minimum Gasteiger partial charge on any atom is -0.345 e. The highest BCUT2D eigenvalue weighted by molar-refractivity contribution is 4.48. The van der Waals surface area contributed by atoms with E-state index >= 15 is 0 Å². The van der Waals surface area contributed by atoms with Gasteiger partial charge < -0.3 is 10.5 Å². The second-order valence-electron chi connectivity index (χ2n) is 2.00. The highest BCUT2D eigenvalue weighted by atomic mass is 19.2. The van der Waals surface area contributed by atoms with Crippen LogP contribution in [0.25, 0.3) is 0 Å². The Labute approximate surface area is 48.8 Å². The molecule has 0 amide bonds. The smallest absolute Gasteiger partial charge is 0.203 e. The van der Waals surface area contributed by atoms with Crippen LogP contribution in [0.4, 0.5) is 4.39 Å². The lowest BCUT2D eigenvalue weighted by atomic mass is 10.4. The van der Waals surface area contributed by atoms with Gasteiger partial charge in [0, 0.05) is 6.54 Å². The van der Waals surface area contributed by atoms with Crippen molar-refractivity contribution < 1.29 is 9.13 Å². The molecule has 0 aliphatic carbocycles. The van der Waals surface area contributed by atoms with Crippen molar-refractivity contribution in [3.05, 3.63) is 0 Å². The molecule has 2 N–H and O–H groups in total.